The van der Waals surface area contributed by atoms with Crippen molar-refractivity contribution in [3.8, 4) is 0 Å². The Morgan fingerprint density at radius 3 is 1.08 bits per heavy atom. The molecule has 34 heteroatoms. The lowest BCUT2D eigenvalue weighted by Gasteiger charge is -2.09. The standard InChI is InChI=1S/C11H11NO6.C11H13NO4.C10H8BrNO6.C8H4BrNO6.C8H5BrO4.C8H9Br/c1-6-4-8(11(14)18-3)9(12(15)16)5-7(6)10(13)17-2;1-6-4-8(11(14)16-3)9(12)5-7(6)10(13)15-2;1-17-9(13)5-4-8(12(15)16)6(3-7(5)11)10(14)18-2;9-5-1-4(8(13)14)6(10(15)16)2-3(5)7(11)12;9-6-3-4(7(10)11)1-2-5(6)8(12)13;1-6-3-4-7(2)8(9)5-6/h4-5H,1-3H3;4-5H,12H2,1-3H3;3-4H,1-2H3;1-2H,(H,11,12)(H,13,14);1-3H,(H,10,11)(H,12,13);3-5H,1-2H3. The lowest BCUT2D eigenvalue weighted by atomic mass is 10.0. The molecule has 6 N–H and O–H groups in total. The fourth-order valence-electron chi connectivity index (χ4n) is 6.61. The van der Waals surface area contributed by atoms with Crippen molar-refractivity contribution in [2.45, 2.75) is 27.7 Å². The number of halogens is 4. The second-order valence-electron chi connectivity index (χ2n) is 17.0. The highest BCUT2D eigenvalue weighted by molar-refractivity contribution is 9.11. The first-order valence-corrected chi connectivity index (χ1v) is 27.2. The van der Waals surface area contributed by atoms with Crippen LogP contribution in [0.3, 0.4) is 0 Å². The van der Waals surface area contributed by atoms with Gasteiger partial charge in [0.25, 0.3) is 17.1 Å². The zero-order valence-corrected chi connectivity index (χ0v) is 54.6. The maximum absolute atomic E-state index is 11.4. The number of nitrogens with zero attached hydrogens (tertiary/aromatic N) is 3. The number of methoxy groups -OCH3 is 6. The maximum Gasteiger partial charge on any atom is 0.344 e. The number of aryl methyl sites for hydroxylation is 4. The van der Waals surface area contributed by atoms with Gasteiger partial charge in [0.2, 0.25) is 0 Å². The molecule has 0 unspecified atom stereocenters. The van der Waals surface area contributed by atoms with Crippen molar-refractivity contribution in [2.75, 3.05) is 48.4 Å². The minimum absolute atomic E-state index is 0.0250. The molecule has 0 aliphatic carbocycles. The number of carboxylic acid groups (broad SMARTS) is 4. The van der Waals surface area contributed by atoms with E-state index in [-0.39, 0.29) is 63.6 Å². The molecule has 0 atom stereocenters. The van der Waals surface area contributed by atoms with Crippen LogP contribution in [-0.2, 0) is 28.4 Å². The summed E-state index contributed by atoms with van der Waals surface area (Å²) in [6.45, 7) is 7.41. The van der Waals surface area contributed by atoms with Gasteiger partial charge >= 0.3 is 59.7 Å². The maximum atomic E-state index is 11.4. The van der Waals surface area contributed by atoms with Crippen molar-refractivity contribution in [1.29, 1.82) is 0 Å². The molecule has 0 aliphatic heterocycles. The first-order chi connectivity index (χ1) is 41.9. The second kappa shape index (κ2) is 36.3. The van der Waals surface area contributed by atoms with Gasteiger partial charge in [-0.15, -0.1) is 0 Å². The number of carboxylic acids is 4. The molecular weight excluding hydrogens is 1460 g/mol. The number of nitrogens with two attached hydrogens (primary N) is 1. The number of esters is 6. The largest absolute Gasteiger partial charge is 0.478 e. The smallest absolute Gasteiger partial charge is 0.344 e. The molecule has 30 nitrogen and oxygen atoms in total. The molecule has 0 amide bonds. The fraction of sp³-hybridized carbons (Fsp3) is 0.179. The van der Waals surface area contributed by atoms with Crippen LogP contribution in [-0.4, -0.2) is 138 Å². The van der Waals surface area contributed by atoms with E-state index >= 15 is 0 Å². The summed E-state index contributed by atoms with van der Waals surface area (Å²) in [5.74, 6) is -9.22. The molecule has 6 rings (SSSR count). The van der Waals surface area contributed by atoms with Gasteiger partial charge in [-0.25, -0.2) is 47.9 Å². The molecule has 0 fully saturated rings. The number of aromatic carboxylic acids is 4. The van der Waals surface area contributed by atoms with E-state index in [0.717, 1.165) is 45.6 Å². The number of benzene rings is 6. The minimum Gasteiger partial charge on any atom is -0.478 e. The van der Waals surface area contributed by atoms with Gasteiger partial charge in [-0.1, -0.05) is 28.1 Å². The van der Waals surface area contributed by atoms with Crippen LogP contribution in [0, 0.1) is 58.0 Å². The van der Waals surface area contributed by atoms with Gasteiger partial charge in [-0.2, -0.15) is 0 Å². The van der Waals surface area contributed by atoms with E-state index < -0.39 is 97.1 Å². The quantitative estimate of drug-likeness (QED) is 0.0236. The molecule has 0 aliphatic rings. The van der Waals surface area contributed by atoms with Gasteiger partial charge in [-0.3, -0.25) is 30.3 Å². The average Bonchev–Trinajstić information content (AvgIpc) is 0.984. The first-order valence-electron chi connectivity index (χ1n) is 24.0. The van der Waals surface area contributed by atoms with Crippen LogP contribution in [0.2, 0.25) is 0 Å². The van der Waals surface area contributed by atoms with Crippen molar-refractivity contribution >= 4 is 146 Å². The van der Waals surface area contributed by atoms with Crippen LogP contribution in [0.25, 0.3) is 0 Å². The molecule has 0 saturated carbocycles. The summed E-state index contributed by atoms with van der Waals surface area (Å²) in [6.07, 6.45) is 0. The van der Waals surface area contributed by atoms with Gasteiger partial charge < -0.3 is 54.6 Å². The number of anilines is 1. The number of ether oxygens (including phenoxy) is 6. The minimum atomic E-state index is -1.50. The van der Waals surface area contributed by atoms with Gasteiger partial charge in [-0.05, 0) is 152 Å². The number of carbonyl (C=O) groups excluding carboxylic acids is 6. The Morgan fingerprint density at radius 2 is 0.689 bits per heavy atom. The van der Waals surface area contributed by atoms with E-state index in [1.54, 1.807) is 13.8 Å². The Kier molecular flexibility index (Phi) is 31.4. The highest BCUT2D eigenvalue weighted by atomic mass is 79.9. The van der Waals surface area contributed by atoms with Gasteiger partial charge in [0.15, 0.2) is 0 Å². The number of rotatable bonds is 13. The van der Waals surface area contributed by atoms with E-state index in [2.05, 4.69) is 124 Å². The Bertz CT molecular complexity index is 3700. The van der Waals surface area contributed by atoms with Gasteiger partial charge in [0, 0.05) is 41.8 Å². The summed E-state index contributed by atoms with van der Waals surface area (Å²) in [5, 5.41) is 66.8. The molecule has 0 saturated heterocycles. The number of nitro benzene ring substituents is 3. The van der Waals surface area contributed by atoms with Crippen LogP contribution in [0.4, 0.5) is 22.7 Å². The molecule has 6 aromatic carbocycles. The highest BCUT2D eigenvalue weighted by Gasteiger charge is 2.28. The molecule has 90 heavy (non-hydrogen) atoms. The third-order valence-corrected chi connectivity index (χ3v) is 14.0. The average molecular weight is 1510 g/mol. The lowest BCUT2D eigenvalue weighted by Crippen LogP contribution is -2.10. The van der Waals surface area contributed by atoms with Gasteiger partial charge in [0.1, 0.15) is 16.7 Å². The highest BCUT2D eigenvalue weighted by Crippen LogP contribution is 2.31. The van der Waals surface area contributed by atoms with Crippen LogP contribution in [0.1, 0.15) is 126 Å². The molecule has 0 bridgehead atoms. The molecule has 0 spiro atoms. The van der Waals surface area contributed by atoms with Crippen molar-refractivity contribution in [1.82, 2.24) is 0 Å². The predicted octanol–water partition coefficient (Wildman–Crippen LogP) is 11.2. The topological polar surface area (TPSA) is 462 Å². The Morgan fingerprint density at radius 1 is 0.356 bits per heavy atom. The molecule has 6 aromatic rings. The molecule has 478 valence electrons. The third kappa shape index (κ3) is 22.3. The molecule has 0 heterocycles. The Labute approximate surface area is 541 Å². The lowest BCUT2D eigenvalue weighted by molar-refractivity contribution is -0.385. The summed E-state index contributed by atoms with van der Waals surface area (Å²) >= 11 is 12.3. The normalized spacial score (nSPS) is 9.71. The fourth-order valence-corrected chi connectivity index (χ4v) is 8.67. The molecular formula is C56H50Br4N4O26. The zero-order valence-electron chi connectivity index (χ0n) is 48.3. The second-order valence-corrected chi connectivity index (χ2v) is 20.4. The molecule has 0 aromatic heterocycles. The summed E-state index contributed by atoms with van der Waals surface area (Å²) < 4.78 is 28.6. The third-order valence-electron chi connectivity index (χ3n) is 11.2. The van der Waals surface area contributed by atoms with Gasteiger partial charge in [0.05, 0.1) is 96.4 Å². The number of nitro groups is 3. The van der Waals surface area contributed by atoms with Crippen LogP contribution < -0.4 is 5.73 Å². The number of hydrogen-bond donors (Lipinski definition) is 5. The summed E-state index contributed by atoms with van der Waals surface area (Å²) in [4.78, 5) is 140. The number of nitrogen functional groups attached to an aromatic ring is 1. The van der Waals surface area contributed by atoms with Crippen LogP contribution in [0.15, 0.2) is 103 Å². The van der Waals surface area contributed by atoms with E-state index in [1.165, 1.54) is 73.3 Å². The SMILES string of the molecule is COC(=O)c1cc(N)c(C(=O)OC)cc1C.COC(=O)c1cc([N+](=O)[O-])c(C(=O)OC)cc1Br.COC(=O)c1cc([N+](=O)[O-])c(C(=O)OC)cc1C.Cc1ccc(C)c(Br)c1.O=C(O)c1cc([N+](=O)[O-])c(C(=O)O)cc1Br.O=C(O)c1ccc(C(=O)O)c(Br)c1. The Hall–Kier alpha value is -10.1. The van der Waals surface area contributed by atoms with E-state index in [0.29, 0.717) is 22.8 Å². The summed E-state index contributed by atoms with van der Waals surface area (Å²) in [7, 11) is 7.10. The number of carbonyl (C=O) groups is 10. The van der Waals surface area contributed by atoms with Crippen LogP contribution >= 0.6 is 63.7 Å². The monoisotopic (exact) mass is 1510 g/mol. The summed E-state index contributed by atoms with van der Waals surface area (Å²) in [6, 6.07) is 19.0. The van der Waals surface area contributed by atoms with Crippen molar-refractivity contribution in [3.05, 3.63) is 211 Å². The van der Waals surface area contributed by atoms with Crippen molar-refractivity contribution in [2.24, 2.45) is 0 Å². The van der Waals surface area contributed by atoms with E-state index in [9.17, 15) is 78.3 Å². The molecule has 0 radical (unpaired) electrons. The summed E-state index contributed by atoms with van der Waals surface area (Å²) in [5.41, 5.74) is 6.97. The Balaban J connectivity index is 0.000000546. The first kappa shape index (κ1) is 78.0. The van der Waals surface area contributed by atoms with E-state index in [1.807, 2.05) is 0 Å². The van der Waals surface area contributed by atoms with Crippen molar-refractivity contribution < 1.29 is 112 Å². The van der Waals surface area contributed by atoms with E-state index in [4.69, 9.17) is 26.2 Å². The van der Waals surface area contributed by atoms with Crippen LogP contribution in [0.5, 0.6) is 0 Å². The predicted molar refractivity (Wildman–Crippen MR) is 329 cm³/mol. The zero-order chi connectivity index (χ0) is 69.3. The number of hydrogen-bond acceptors (Lipinski definition) is 23. The van der Waals surface area contributed by atoms with Crippen molar-refractivity contribution in [3.63, 3.8) is 0 Å².